The normalized spacial score (nSPS) is 20.4. The van der Waals surface area contributed by atoms with Crippen molar-refractivity contribution in [3.8, 4) is 0 Å². The van der Waals surface area contributed by atoms with Crippen LogP contribution in [-0.2, 0) is 9.59 Å². The lowest BCUT2D eigenvalue weighted by Crippen LogP contribution is -2.40. The molecule has 2 rings (SSSR count). The number of rotatable bonds is 6. The summed E-state index contributed by atoms with van der Waals surface area (Å²) in [5.74, 6) is 0.341. The van der Waals surface area contributed by atoms with Gasteiger partial charge in [0.15, 0.2) is 0 Å². The van der Waals surface area contributed by atoms with Crippen molar-refractivity contribution < 1.29 is 9.59 Å². The van der Waals surface area contributed by atoms with Gasteiger partial charge in [0.25, 0.3) is 0 Å². The van der Waals surface area contributed by atoms with E-state index in [1.807, 2.05) is 14.1 Å². The van der Waals surface area contributed by atoms with Crippen LogP contribution < -0.4 is 21.5 Å². The molecule has 0 spiro atoms. The van der Waals surface area contributed by atoms with E-state index in [0.717, 1.165) is 6.42 Å². The van der Waals surface area contributed by atoms with Crippen LogP contribution in [0.3, 0.4) is 0 Å². The van der Waals surface area contributed by atoms with Gasteiger partial charge in [0.2, 0.25) is 11.8 Å². The van der Waals surface area contributed by atoms with E-state index in [4.69, 9.17) is 0 Å². The van der Waals surface area contributed by atoms with Crippen LogP contribution in [0, 0.1) is 5.92 Å². The minimum absolute atomic E-state index is 0.0601. The molecule has 1 aliphatic rings. The molecule has 0 saturated carbocycles. The number of likely N-dealkylation sites (N-methyl/N-ethyl adjacent to an activating group) is 1. The van der Waals surface area contributed by atoms with Crippen molar-refractivity contribution in [3.63, 3.8) is 0 Å². The lowest BCUT2D eigenvalue weighted by molar-refractivity contribution is -0.118. The number of nitrogens with one attached hydrogen (secondary N) is 4. The molecule has 1 saturated heterocycles. The SMILES string of the molecule is CC(C)C1CC(C(=O)Nc2ccc(NC(=O)CN(C)C)cc2)NN1. The van der Waals surface area contributed by atoms with E-state index in [0.29, 0.717) is 29.9 Å². The summed E-state index contributed by atoms with van der Waals surface area (Å²) < 4.78 is 0. The van der Waals surface area contributed by atoms with E-state index < -0.39 is 0 Å². The number of carbonyl (C=O) groups is 2. The average Bonchev–Trinajstić information content (AvgIpc) is 2.98. The maximum Gasteiger partial charge on any atom is 0.242 e. The number of benzene rings is 1. The molecule has 0 radical (unpaired) electrons. The van der Waals surface area contributed by atoms with E-state index in [9.17, 15) is 9.59 Å². The van der Waals surface area contributed by atoms with Crippen molar-refractivity contribution in [1.82, 2.24) is 15.8 Å². The average molecular weight is 333 g/mol. The summed E-state index contributed by atoms with van der Waals surface area (Å²) in [4.78, 5) is 25.8. The van der Waals surface area contributed by atoms with Gasteiger partial charge in [-0.25, -0.2) is 5.43 Å². The van der Waals surface area contributed by atoms with E-state index in [1.165, 1.54) is 0 Å². The molecule has 2 atom stereocenters. The second-order valence-corrected chi connectivity index (χ2v) is 6.78. The summed E-state index contributed by atoms with van der Waals surface area (Å²) in [6, 6.07) is 7.18. The second kappa shape index (κ2) is 8.23. The molecule has 1 aromatic carbocycles. The summed E-state index contributed by atoms with van der Waals surface area (Å²) in [6.45, 7) is 4.59. The Kier molecular flexibility index (Phi) is 6.30. The van der Waals surface area contributed by atoms with Crippen LogP contribution in [0.4, 0.5) is 11.4 Å². The number of amides is 2. The number of hydrogen-bond acceptors (Lipinski definition) is 5. The van der Waals surface area contributed by atoms with Gasteiger partial charge in [-0.3, -0.25) is 15.0 Å². The van der Waals surface area contributed by atoms with E-state index in [2.05, 4.69) is 35.3 Å². The maximum atomic E-state index is 12.3. The Morgan fingerprint density at radius 1 is 1.12 bits per heavy atom. The highest BCUT2D eigenvalue weighted by Gasteiger charge is 2.30. The predicted octanol–water partition coefficient (Wildman–Crippen LogP) is 1.02. The fourth-order valence-electron chi connectivity index (χ4n) is 2.54. The molecule has 2 unspecified atom stereocenters. The zero-order chi connectivity index (χ0) is 17.7. The summed E-state index contributed by atoms with van der Waals surface area (Å²) in [5.41, 5.74) is 7.61. The van der Waals surface area contributed by atoms with Gasteiger partial charge in [0.05, 0.1) is 6.54 Å². The van der Waals surface area contributed by atoms with Gasteiger partial charge < -0.3 is 15.5 Å². The molecule has 7 nitrogen and oxygen atoms in total. The first-order valence-electron chi connectivity index (χ1n) is 8.21. The molecule has 2 amide bonds. The molecule has 0 bridgehead atoms. The largest absolute Gasteiger partial charge is 0.325 e. The zero-order valence-electron chi connectivity index (χ0n) is 14.7. The number of anilines is 2. The van der Waals surface area contributed by atoms with Gasteiger partial charge in [0.1, 0.15) is 6.04 Å². The van der Waals surface area contributed by atoms with Crippen molar-refractivity contribution in [2.24, 2.45) is 5.92 Å². The number of carbonyl (C=O) groups excluding carboxylic acids is 2. The van der Waals surface area contributed by atoms with Crippen molar-refractivity contribution in [2.75, 3.05) is 31.3 Å². The molecule has 1 heterocycles. The molecule has 1 fully saturated rings. The minimum atomic E-state index is -0.239. The Morgan fingerprint density at radius 3 is 2.21 bits per heavy atom. The maximum absolute atomic E-state index is 12.3. The van der Waals surface area contributed by atoms with Gasteiger partial charge in [0, 0.05) is 17.4 Å². The van der Waals surface area contributed by atoms with Gasteiger partial charge in [-0.2, -0.15) is 0 Å². The van der Waals surface area contributed by atoms with Crippen molar-refractivity contribution in [1.29, 1.82) is 0 Å². The summed E-state index contributed by atoms with van der Waals surface area (Å²) >= 11 is 0. The van der Waals surface area contributed by atoms with Crippen LogP contribution in [-0.4, -0.2) is 49.4 Å². The third-order valence-electron chi connectivity index (χ3n) is 3.95. The highest BCUT2D eigenvalue weighted by molar-refractivity contribution is 5.96. The lowest BCUT2D eigenvalue weighted by Gasteiger charge is -2.13. The second-order valence-electron chi connectivity index (χ2n) is 6.78. The topological polar surface area (TPSA) is 85.5 Å². The van der Waals surface area contributed by atoms with Gasteiger partial charge in [-0.05, 0) is 50.7 Å². The van der Waals surface area contributed by atoms with Crippen molar-refractivity contribution in [2.45, 2.75) is 32.4 Å². The molecule has 24 heavy (non-hydrogen) atoms. The molecule has 4 N–H and O–H groups in total. The van der Waals surface area contributed by atoms with Crippen LogP contribution in [0.25, 0.3) is 0 Å². The van der Waals surface area contributed by atoms with Crippen molar-refractivity contribution >= 4 is 23.2 Å². The van der Waals surface area contributed by atoms with Crippen LogP contribution >= 0.6 is 0 Å². The smallest absolute Gasteiger partial charge is 0.242 e. The Bertz CT molecular complexity index is 571. The van der Waals surface area contributed by atoms with Crippen LogP contribution in [0.1, 0.15) is 20.3 Å². The first-order chi connectivity index (χ1) is 11.3. The minimum Gasteiger partial charge on any atom is -0.325 e. The number of hydrogen-bond donors (Lipinski definition) is 4. The van der Waals surface area contributed by atoms with E-state index in [1.54, 1.807) is 29.2 Å². The van der Waals surface area contributed by atoms with Gasteiger partial charge in [-0.1, -0.05) is 13.8 Å². The summed E-state index contributed by atoms with van der Waals surface area (Å²) in [7, 11) is 3.68. The number of nitrogens with zero attached hydrogens (tertiary/aromatic N) is 1. The van der Waals surface area contributed by atoms with Crippen LogP contribution in [0.15, 0.2) is 24.3 Å². The fraction of sp³-hybridized carbons (Fsp3) is 0.529. The Labute approximate surface area is 143 Å². The molecule has 7 heteroatoms. The third-order valence-corrected chi connectivity index (χ3v) is 3.95. The fourth-order valence-corrected chi connectivity index (χ4v) is 2.54. The van der Waals surface area contributed by atoms with Crippen LogP contribution in [0.5, 0.6) is 0 Å². The highest BCUT2D eigenvalue weighted by atomic mass is 16.2. The van der Waals surface area contributed by atoms with Crippen molar-refractivity contribution in [3.05, 3.63) is 24.3 Å². The highest BCUT2D eigenvalue weighted by Crippen LogP contribution is 2.17. The molecule has 0 aliphatic carbocycles. The molecular weight excluding hydrogens is 306 g/mol. The summed E-state index contributed by atoms with van der Waals surface area (Å²) in [5, 5.41) is 5.71. The lowest BCUT2D eigenvalue weighted by atomic mass is 9.99. The zero-order valence-corrected chi connectivity index (χ0v) is 14.7. The number of hydrazine groups is 1. The first-order valence-corrected chi connectivity index (χ1v) is 8.21. The monoisotopic (exact) mass is 333 g/mol. The predicted molar refractivity (Wildman–Crippen MR) is 95.6 cm³/mol. The molecule has 1 aromatic rings. The van der Waals surface area contributed by atoms with Crippen LogP contribution in [0.2, 0.25) is 0 Å². The van der Waals surface area contributed by atoms with Gasteiger partial charge >= 0.3 is 0 Å². The Morgan fingerprint density at radius 2 is 1.71 bits per heavy atom. The quantitative estimate of drug-likeness (QED) is 0.624. The van der Waals surface area contributed by atoms with Gasteiger partial charge in [-0.15, -0.1) is 0 Å². The molecular formula is C17H27N5O2. The van der Waals surface area contributed by atoms with E-state index >= 15 is 0 Å². The molecule has 132 valence electrons. The standard InChI is InChI=1S/C17H27N5O2/c1-11(2)14-9-15(21-20-14)17(24)19-13-7-5-12(6-8-13)18-16(23)10-22(3)4/h5-8,11,14-15,20-21H,9-10H2,1-4H3,(H,18,23)(H,19,24). The first kappa shape index (κ1) is 18.4. The van der Waals surface area contributed by atoms with E-state index in [-0.39, 0.29) is 17.9 Å². The Hall–Kier alpha value is -1.96. The molecule has 0 aromatic heterocycles. The third kappa shape index (κ3) is 5.30. The molecule has 1 aliphatic heterocycles. The summed E-state index contributed by atoms with van der Waals surface area (Å²) in [6.07, 6.45) is 0.766. The Balaban J connectivity index is 1.85.